The summed E-state index contributed by atoms with van der Waals surface area (Å²) in [6.45, 7) is 3.91. The maximum Gasteiger partial charge on any atom is 0.259 e. The summed E-state index contributed by atoms with van der Waals surface area (Å²) >= 11 is 0. The van der Waals surface area contributed by atoms with E-state index in [9.17, 15) is 9.59 Å². The predicted molar refractivity (Wildman–Crippen MR) is 99.3 cm³/mol. The van der Waals surface area contributed by atoms with Gasteiger partial charge in [0, 0.05) is 17.3 Å². The molecule has 2 aromatic carbocycles. The van der Waals surface area contributed by atoms with Crippen molar-refractivity contribution in [3.8, 4) is 5.75 Å². The van der Waals surface area contributed by atoms with Crippen LogP contribution in [0.25, 0.3) is 10.8 Å². The molecule has 25 heavy (non-hydrogen) atoms. The van der Waals surface area contributed by atoms with Crippen molar-refractivity contribution in [3.05, 3.63) is 70.1 Å². The standard InChI is InChI=1S/C20H20N2O3/c1-13-6-4-8-17(14(13)2)21-19(23)12-22-11-10-15-16(20(22)24)7-5-9-18(15)25-3/h4-11H,12H2,1-3H3,(H,21,23). The Balaban J connectivity index is 1.88. The third-order valence-electron chi connectivity index (χ3n) is 4.39. The fourth-order valence-electron chi connectivity index (χ4n) is 2.82. The molecule has 1 aromatic heterocycles. The number of nitrogens with zero attached hydrogens (tertiary/aromatic N) is 1. The van der Waals surface area contributed by atoms with Crippen molar-refractivity contribution < 1.29 is 9.53 Å². The number of benzene rings is 2. The number of hydrogen-bond donors (Lipinski definition) is 1. The molecule has 1 N–H and O–H groups in total. The van der Waals surface area contributed by atoms with Gasteiger partial charge in [-0.25, -0.2) is 0 Å². The minimum Gasteiger partial charge on any atom is -0.496 e. The van der Waals surface area contributed by atoms with E-state index in [1.165, 1.54) is 4.57 Å². The van der Waals surface area contributed by atoms with E-state index in [0.29, 0.717) is 11.1 Å². The van der Waals surface area contributed by atoms with Crippen molar-refractivity contribution in [3.63, 3.8) is 0 Å². The number of carbonyl (C=O) groups is 1. The Bertz CT molecular complexity index is 1010. The highest BCUT2D eigenvalue weighted by Gasteiger charge is 2.11. The molecule has 3 aromatic rings. The molecule has 0 aliphatic carbocycles. The molecular weight excluding hydrogens is 316 g/mol. The lowest BCUT2D eigenvalue weighted by Gasteiger charge is -2.12. The average Bonchev–Trinajstić information content (AvgIpc) is 2.61. The van der Waals surface area contributed by atoms with Gasteiger partial charge in [0.25, 0.3) is 5.56 Å². The Morgan fingerprint density at radius 1 is 1.08 bits per heavy atom. The van der Waals surface area contributed by atoms with Crippen LogP contribution in [0.4, 0.5) is 5.69 Å². The second-order valence-electron chi connectivity index (χ2n) is 5.97. The molecule has 128 valence electrons. The van der Waals surface area contributed by atoms with Gasteiger partial charge in [0.15, 0.2) is 0 Å². The van der Waals surface area contributed by atoms with E-state index >= 15 is 0 Å². The van der Waals surface area contributed by atoms with Crippen LogP contribution in [-0.2, 0) is 11.3 Å². The minimum absolute atomic E-state index is 0.0423. The molecule has 0 spiro atoms. The van der Waals surface area contributed by atoms with Gasteiger partial charge in [0.05, 0.1) is 12.5 Å². The van der Waals surface area contributed by atoms with Crippen molar-refractivity contribution in [2.45, 2.75) is 20.4 Å². The zero-order valence-electron chi connectivity index (χ0n) is 14.5. The number of amides is 1. The smallest absolute Gasteiger partial charge is 0.259 e. The molecule has 5 nitrogen and oxygen atoms in total. The van der Waals surface area contributed by atoms with Gasteiger partial charge >= 0.3 is 0 Å². The van der Waals surface area contributed by atoms with Crippen molar-refractivity contribution in [2.75, 3.05) is 12.4 Å². The van der Waals surface area contributed by atoms with Crippen LogP contribution >= 0.6 is 0 Å². The summed E-state index contributed by atoms with van der Waals surface area (Å²) in [5, 5.41) is 4.14. The summed E-state index contributed by atoms with van der Waals surface area (Å²) in [5.74, 6) is 0.402. The maximum atomic E-state index is 12.6. The van der Waals surface area contributed by atoms with E-state index in [2.05, 4.69) is 5.32 Å². The van der Waals surface area contributed by atoms with E-state index in [-0.39, 0.29) is 18.0 Å². The molecular formula is C20H20N2O3. The normalized spacial score (nSPS) is 10.7. The lowest BCUT2D eigenvalue weighted by atomic mass is 10.1. The topological polar surface area (TPSA) is 60.3 Å². The van der Waals surface area contributed by atoms with Gasteiger partial charge in [-0.2, -0.15) is 0 Å². The largest absolute Gasteiger partial charge is 0.496 e. The van der Waals surface area contributed by atoms with E-state index in [1.54, 1.807) is 37.6 Å². The number of ether oxygens (including phenoxy) is 1. The number of fused-ring (bicyclic) bond motifs is 1. The first-order chi connectivity index (χ1) is 12.0. The summed E-state index contributed by atoms with van der Waals surface area (Å²) in [6, 6.07) is 12.8. The summed E-state index contributed by atoms with van der Waals surface area (Å²) < 4.78 is 6.68. The molecule has 0 saturated carbocycles. The third-order valence-corrected chi connectivity index (χ3v) is 4.39. The molecule has 0 fully saturated rings. The lowest BCUT2D eigenvalue weighted by molar-refractivity contribution is -0.116. The Kier molecular flexibility index (Phi) is 4.57. The number of aromatic nitrogens is 1. The molecule has 0 aliphatic rings. The van der Waals surface area contributed by atoms with Crippen LogP contribution in [0, 0.1) is 13.8 Å². The Morgan fingerprint density at radius 2 is 1.84 bits per heavy atom. The number of pyridine rings is 1. The quantitative estimate of drug-likeness (QED) is 0.795. The van der Waals surface area contributed by atoms with E-state index in [0.717, 1.165) is 22.2 Å². The van der Waals surface area contributed by atoms with Crippen LogP contribution < -0.4 is 15.6 Å². The van der Waals surface area contributed by atoms with Gasteiger partial charge in [0.1, 0.15) is 12.3 Å². The zero-order chi connectivity index (χ0) is 18.0. The highest BCUT2D eigenvalue weighted by molar-refractivity contribution is 5.92. The number of carbonyl (C=O) groups excluding carboxylic acids is 1. The first-order valence-electron chi connectivity index (χ1n) is 8.03. The first kappa shape index (κ1) is 16.8. The highest BCUT2D eigenvalue weighted by atomic mass is 16.5. The van der Waals surface area contributed by atoms with Crippen molar-refractivity contribution in [1.82, 2.24) is 4.57 Å². The Morgan fingerprint density at radius 3 is 2.60 bits per heavy atom. The molecule has 0 bridgehead atoms. The maximum absolute atomic E-state index is 12.6. The number of aryl methyl sites for hydroxylation is 1. The van der Waals surface area contributed by atoms with Gasteiger partial charge in [-0.1, -0.05) is 18.2 Å². The lowest BCUT2D eigenvalue weighted by Crippen LogP contribution is -2.27. The zero-order valence-corrected chi connectivity index (χ0v) is 14.5. The predicted octanol–water partition coefficient (Wildman–Crippen LogP) is 3.27. The number of hydrogen-bond acceptors (Lipinski definition) is 3. The average molecular weight is 336 g/mol. The van der Waals surface area contributed by atoms with Crippen molar-refractivity contribution in [2.24, 2.45) is 0 Å². The summed E-state index contributed by atoms with van der Waals surface area (Å²) in [6.07, 6.45) is 1.62. The van der Waals surface area contributed by atoms with Gasteiger partial charge in [0.2, 0.25) is 5.91 Å². The molecule has 1 heterocycles. The molecule has 0 saturated heterocycles. The number of rotatable bonds is 4. The van der Waals surface area contributed by atoms with Crippen molar-refractivity contribution in [1.29, 1.82) is 0 Å². The third kappa shape index (κ3) is 3.26. The molecule has 5 heteroatoms. The van der Waals surface area contributed by atoms with Gasteiger partial charge in [-0.3, -0.25) is 9.59 Å². The number of nitrogens with one attached hydrogen (secondary N) is 1. The fraction of sp³-hybridized carbons (Fsp3) is 0.200. The molecule has 0 unspecified atom stereocenters. The fourth-order valence-corrected chi connectivity index (χ4v) is 2.82. The monoisotopic (exact) mass is 336 g/mol. The van der Waals surface area contributed by atoms with Crippen LogP contribution in [0.1, 0.15) is 11.1 Å². The first-order valence-corrected chi connectivity index (χ1v) is 8.03. The van der Waals surface area contributed by atoms with Gasteiger partial charge < -0.3 is 14.6 Å². The number of anilines is 1. The van der Waals surface area contributed by atoms with Crippen LogP contribution in [0.5, 0.6) is 5.75 Å². The Hall–Kier alpha value is -3.08. The summed E-state index contributed by atoms with van der Waals surface area (Å²) in [7, 11) is 1.57. The summed E-state index contributed by atoms with van der Waals surface area (Å²) in [5.41, 5.74) is 2.67. The van der Waals surface area contributed by atoms with Crippen LogP contribution in [0.2, 0.25) is 0 Å². The second-order valence-corrected chi connectivity index (χ2v) is 5.97. The molecule has 3 rings (SSSR count). The van der Waals surface area contributed by atoms with E-state index in [4.69, 9.17) is 4.74 Å². The second kappa shape index (κ2) is 6.81. The van der Waals surface area contributed by atoms with Crippen molar-refractivity contribution >= 4 is 22.4 Å². The number of methoxy groups -OCH3 is 1. The molecule has 0 atom stereocenters. The molecule has 0 aliphatic heterocycles. The summed E-state index contributed by atoms with van der Waals surface area (Å²) in [4.78, 5) is 25.0. The SMILES string of the molecule is COc1cccc2c(=O)n(CC(=O)Nc3cccc(C)c3C)ccc12. The molecule has 0 radical (unpaired) electrons. The Labute approximate surface area is 145 Å². The van der Waals surface area contributed by atoms with Gasteiger partial charge in [-0.05, 0) is 49.2 Å². The van der Waals surface area contributed by atoms with Crippen LogP contribution in [-0.4, -0.2) is 17.6 Å². The van der Waals surface area contributed by atoms with Crippen LogP contribution in [0.15, 0.2) is 53.5 Å². The van der Waals surface area contributed by atoms with E-state index in [1.807, 2.05) is 32.0 Å². The minimum atomic E-state index is -0.238. The highest BCUT2D eigenvalue weighted by Crippen LogP contribution is 2.22. The van der Waals surface area contributed by atoms with Gasteiger partial charge in [-0.15, -0.1) is 0 Å². The van der Waals surface area contributed by atoms with Crippen LogP contribution in [0.3, 0.4) is 0 Å². The molecule has 1 amide bonds. The van der Waals surface area contributed by atoms with E-state index < -0.39 is 0 Å².